The van der Waals surface area contributed by atoms with Crippen molar-refractivity contribution in [2.24, 2.45) is 5.92 Å². The van der Waals surface area contributed by atoms with E-state index < -0.39 is 0 Å². The SMILES string of the molecule is CC(C)C[C@@H](C)OC(=O)NC1CCN([C@H]2CCN(C)C2=O)CC1. The summed E-state index contributed by atoms with van der Waals surface area (Å²) in [6.07, 6.45) is 3.18. The van der Waals surface area contributed by atoms with E-state index in [4.69, 9.17) is 4.74 Å². The molecule has 2 amide bonds. The van der Waals surface area contributed by atoms with Gasteiger partial charge in [-0.05, 0) is 38.5 Å². The molecule has 0 saturated carbocycles. The summed E-state index contributed by atoms with van der Waals surface area (Å²) in [4.78, 5) is 28.1. The molecule has 6 heteroatoms. The fraction of sp³-hybridized carbons (Fsp3) is 0.882. The van der Waals surface area contributed by atoms with E-state index in [1.54, 1.807) is 0 Å². The molecule has 0 bridgehead atoms. The van der Waals surface area contributed by atoms with Crippen LogP contribution in [0, 0.1) is 5.92 Å². The Balaban J connectivity index is 1.70. The van der Waals surface area contributed by atoms with Crippen molar-refractivity contribution < 1.29 is 14.3 Å². The number of rotatable bonds is 5. The van der Waals surface area contributed by atoms with Crippen LogP contribution >= 0.6 is 0 Å². The number of likely N-dealkylation sites (tertiary alicyclic amines) is 2. The van der Waals surface area contributed by atoms with Gasteiger partial charge in [0, 0.05) is 32.7 Å². The van der Waals surface area contributed by atoms with Crippen LogP contribution in [0.25, 0.3) is 0 Å². The number of nitrogens with one attached hydrogen (secondary N) is 1. The van der Waals surface area contributed by atoms with Crippen molar-refractivity contribution in [1.29, 1.82) is 0 Å². The fourth-order valence-electron chi connectivity index (χ4n) is 3.59. The van der Waals surface area contributed by atoms with Crippen LogP contribution in [0.5, 0.6) is 0 Å². The second-order valence-corrected chi connectivity index (χ2v) is 7.36. The van der Waals surface area contributed by atoms with Gasteiger partial charge in [-0.15, -0.1) is 0 Å². The Morgan fingerprint density at radius 2 is 1.87 bits per heavy atom. The Hall–Kier alpha value is -1.30. The summed E-state index contributed by atoms with van der Waals surface area (Å²) in [5, 5.41) is 2.97. The van der Waals surface area contributed by atoms with Crippen molar-refractivity contribution in [2.75, 3.05) is 26.7 Å². The Morgan fingerprint density at radius 3 is 2.39 bits per heavy atom. The molecule has 2 aliphatic heterocycles. The van der Waals surface area contributed by atoms with Gasteiger partial charge in [-0.2, -0.15) is 0 Å². The van der Waals surface area contributed by atoms with Crippen molar-refractivity contribution in [3.63, 3.8) is 0 Å². The molecule has 2 saturated heterocycles. The number of ether oxygens (including phenoxy) is 1. The van der Waals surface area contributed by atoms with E-state index in [1.165, 1.54) is 0 Å². The first kappa shape index (κ1) is 18.0. The van der Waals surface area contributed by atoms with Gasteiger partial charge in [-0.25, -0.2) is 4.79 Å². The standard InChI is InChI=1S/C17H31N3O3/c1-12(2)11-13(3)23-17(22)18-14-5-9-20(10-6-14)15-7-8-19(4)16(15)21/h12-15H,5-11H2,1-4H3,(H,18,22)/t13-,15+/m1/s1. The van der Waals surface area contributed by atoms with Crippen molar-refractivity contribution in [2.45, 2.75) is 64.6 Å². The molecule has 0 aromatic carbocycles. The monoisotopic (exact) mass is 325 g/mol. The van der Waals surface area contributed by atoms with Crippen LogP contribution in [0.1, 0.15) is 46.5 Å². The molecular weight excluding hydrogens is 294 g/mol. The van der Waals surface area contributed by atoms with Gasteiger partial charge in [0.15, 0.2) is 0 Å². The van der Waals surface area contributed by atoms with Gasteiger partial charge < -0.3 is 15.0 Å². The Morgan fingerprint density at radius 1 is 1.22 bits per heavy atom. The molecule has 0 spiro atoms. The van der Waals surface area contributed by atoms with Gasteiger partial charge in [0.2, 0.25) is 5.91 Å². The molecule has 2 fully saturated rings. The normalized spacial score (nSPS) is 25.0. The largest absolute Gasteiger partial charge is 0.447 e. The lowest BCUT2D eigenvalue weighted by molar-refractivity contribution is -0.131. The number of amides is 2. The molecule has 2 aliphatic rings. The molecule has 0 aromatic heterocycles. The summed E-state index contributed by atoms with van der Waals surface area (Å²) >= 11 is 0. The van der Waals surface area contributed by atoms with Crippen molar-refractivity contribution in [1.82, 2.24) is 15.1 Å². The minimum atomic E-state index is -0.312. The minimum absolute atomic E-state index is 0.0407. The predicted molar refractivity (Wildman–Crippen MR) is 89.2 cm³/mol. The third-order valence-electron chi connectivity index (χ3n) is 4.80. The van der Waals surface area contributed by atoms with Crippen LogP contribution in [-0.2, 0) is 9.53 Å². The fourth-order valence-corrected chi connectivity index (χ4v) is 3.59. The van der Waals surface area contributed by atoms with Gasteiger partial charge in [-0.3, -0.25) is 9.69 Å². The maximum Gasteiger partial charge on any atom is 0.407 e. The van der Waals surface area contributed by atoms with Crippen LogP contribution in [0.2, 0.25) is 0 Å². The van der Waals surface area contributed by atoms with Gasteiger partial charge in [0.25, 0.3) is 0 Å². The van der Waals surface area contributed by atoms with Crippen LogP contribution in [0.15, 0.2) is 0 Å². The molecule has 132 valence electrons. The predicted octanol–water partition coefficient (Wildman–Crippen LogP) is 1.84. The summed E-state index contributed by atoms with van der Waals surface area (Å²) in [6.45, 7) is 8.74. The lowest BCUT2D eigenvalue weighted by atomic mass is 10.0. The molecule has 2 atom stereocenters. The smallest absolute Gasteiger partial charge is 0.407 e. The van der Waals surface area contributed by atoms with Crippen LogP contribution < -0.4 is 5.32 Å². The van der Waals surface area contributed by atoms with E-state index in [2.05, 4.69) is 24.1 Å². The zero-order valence-corrected chi connectivity index (χ0v) is 14.9. The second kappa shape index (κ2) is 7.99. The highest BCUT2D eigenvalue weighted by atomic mass is 16.6. The zero-order valence-electron chi connectivity index (χ0n) is 14.9. The minimum Gasteiger partial charge on any atom is -0.447 e. The van der Waals surface area contributed by atoms with Crippen molar-refractivity contribution >= 4 is 12.0 Å². The zero-order chi connectivity index (χ0) is 17.0. The number of nitrogens with zero attached hydrogens (tertiary/aromatic N) is 2. The highest BCUT2D eigenvalue weighted by Gasteiger charge is 2.35. The molecule has 0 aliphatic carbocycles. The Labute approximate surface area is 139 Å². The summed E-state index contributed by atoms with van der Waals surface area (Å²) in [7, 11) is 1.87. The Bertz CT molecular complexity index is 419. The second-order valence-electron chi connectivity index (χ2n) is 7.36. The number of hydrogen-bond donors (Lipinski definition) is 1. The molecule has 23 heavy (non-hydrogen) atoms. The summed E-state index contributed by atoms with van der Waals surface area (Å²) in [6, 6.07) is 0.193. The first-order valence-corrected chi connectivity index (χ1v) is 8.83. The number of hydrogen-bond acceptors (Lipinski definition) is 4. The first-order chi connectivity index (χ1) is 10.9. The number of carbonyl (C=O) groups excluding carboxylic acids is 2. The van der Waals surface area contributed by atoms with E-state index in [9.17, 15) is 9.59 Å². The maximum atomic E-state index is 12.1. The van der Waals surface area contributed by atoms with E-state index in [1.807, 2.05) is 18.9 Å². The highest BCUT2D eigenvalue weighted by molar-refractivity contribution is 5.83. The van der Waals surface area contributed by atoms with Crippen molar-refractivity contribution in [3.8, 4) is 0 Å². The summed E-state index contributed by atoms with van der Waals surface area (Å²) in [5.74, 6) is 0.751. The third kappa shape index (κ3) is 5.09. The van der Waals surface area contributed by atoms with Gasteiger partial charge in [0.1, 0.15) is 6.10 Å². The van der Waals surface area contributed by atoms with E-state index >= 15 is 0 Å². The lowest BCUT2D eigenvalue weighted by Gasteiger charge is -2.35. The average Bonchev–Trinajstić information content (AvgIpc) is 2.79. The molecule has 2 rings (SSSR count). The lowest BCUT2D eigenvalue weighted by Crippen LogP contribution is -2.50. The van der Waals surface area contributed by atoms with Gasteiger partial charge >= 0.3 is 6.09 Å². The maximum absolute atomic E-state index is 12.1. The number of carbonyl (C=O) groups is 2. The number of piperidine rings is 1. The van der Waals surface area contributed by atoms with Gasteiger partial charge in [0.05, 0.1) is 6.04 Å². The Kier molecular flexibility index (Phi) is 6.27. The summed E-state index contributed by atoms with van der Waals surface area (Å²) < 4.78 is 5.40. The van der Waals surface area contributed by atoms with Crippen LogP contribution in [0.3, 0.4) is 0 Å². The summed E-state index contributed by atoms with van der Waals surface area (Å²) in [5.41, 5.74) is 0. The van der Waals surface area contributed by atoms with E-state index in [0.29, 0.717) is 5.92 Å². The average molecular weight is 325 g/mol. The quantitative estimate of drug-likeness (QED) is 0.838. The van der Waals surface area contributed by atoms with E-state index in [-0.39, 0.29) is 30.2 Å². The van der Waals surface area contributed by atoms with Crippen molar-refractivity contribution in [3.05, 3.63) is 0 Å². The third-order valence-corrected chi connectivity index (χ3v) is 4.80. The number of likely N-dealkylation sites (N-methyl/N-ethyl adjacent to an activating group) is 1. The molecular formula is C17H31N3O3. The van der Waals surface area contributed by atoms with Crippen LogP contribution in [0.4, 0.5) is 4.79 Å². The first-order valence-electron chi connectivity index (χ1n) is 8.83. The molecule has 2 heterocycles. The van der Waals surface area contributed by atoms with Crippen LogP contribution in [-0.4, -0.2) is 66.7 Å². The topological polar surface area (TPSA) is 61.9 Å². The molecule has 6 nitrogen and oxygen atoms in total. The van der Waals surface area contributed by atoms with E-state index in [0.717, 1.165) is 45.3 Å². The molecule has 0 aromatic rings. The van der Waals surface area contributed by atoms with Gasteiger partial charge in [-0.1, -0.05) is 13.8 Å². The number of alkyl carbamates (subject to hydrolysis) is 1. The molecule has 1 N–H and O–H groups in total. The highest BCUT2D eigenvalue weighted by Crippen LogP contribution is 2.21. The molecule has 0 radical (unpaired) electrons. The molecule has 0 unspecified atom stereocenters.